The lowest BCUT2D eigenvalue weighted by Crippen LogP contribution is -2.35. The third-order valence-corrected chi connectivity index (χ3v) is 3.79. The number of hydrogen-bond donors (Lipinski definition) is 1. The number of aryl methyl sites for hydroxylation is 2. The minimum atomic E-state index is -0.582. The van der Waals surface area contributed by atoms with E-state index < -0.39 is 6.10 Å². The average molecular weight is 343 g/mol. The number of carbonyl (C=O) groups excluding carboxylic acids is 1. The van der Waals surface area contributed by atoms with Crippen LogP contribution in [0.4, 0.5) is 0 Å². The molecule has 0 aromatic heterocycles. The Balaban J connectivity index is 1.95. The van der Waals surface area contributed by atoms with Crippen molar-refractivity contribution in [3.05, 3.63) is 53.1 Å². The van der Waals surface area contributed by atoms with Crippen LogP contribution in [-0.2, 0) is 11.3 Å². The van der Waals surface area contributed by atoms with Crippen LogP contribution in [0.5, 0.6) is 17.2 Å². The monoisotopic (exact) mass is 343 g/mol. The normalized spacial score (nSPS) is 11.6. The van der Waals surface area contributed by atoms with Gasteiger partial charge in [-0.15, -0.1) is 0 Å². The second kappa shape index (κ2) is 8.42. The lowest BCUT2D eigenvalue weighted by atomic mass is 10.1. The zero-order valence-corrected chi connectivity index (χ0v) is 15.4. The van der Waals surface area contributed by atoms with Crippen LogP contribution in [0.25, 0.3) is 0 Å². The smallest absolute Gasteiger partial charge is 0.261 e. The number of benzene rings is 2. The highest BCUT2D eigenvalue weighted by molar-refractivity contribution is 5.80. The Labute approximate surface area is 148 Å². The van der Waals surface area contributed by atoms with Gasteiger partial charge in [0.15, 0.2) is 17.6 Å². The fourth-order valence-electron chi connectivity index (χ4n) is 2.58. The Morgan fingerprint density at radius 1 is 1.00 bits per heavy atom. The van der Waals surface area contributed by atoms with E-state index in [9.17, 15) is 4.79 Å². The van der Waals surface area contributed by atoms with Gasteiger partial charge in [0.25, 0.3) is 5.91 Å². The molecule has 1 amide bonds. The summed E-state index contributed by atoms with van der Waals surface area (Å²) in [7, 11) is 3.17. The van der Waals surface area contributed by atoms with Gasteiger partial charge in [-0.1, -0.05) is 12.1 Å². The largest absolute Gasteiger partial charge is 0.493 e. The Morgan fingerprint density at radius 2 is 1.64 bits per heavy atom. The first-order valence-electron chi connectivity index (χ1n) is 8.16. The lowest BCUT2D eigenvalue weighted by molar-refractivity contribution is -0.127. The zero-order valence-electron chi connectivity index (χ0n) is 15.4. The summed E-state index contributed by atoms with van der Waals surface area (Å²) in [6.07, 6.45) is -0.582. The van der Waals surface area contributed by atoms with E-state index in [0.717, 1.165) is 16.7 Å². The van der Waals surface area contributed by atoms with E-state index >= 15 is 0 Å². The molecular weight excluding hydrogens is 318 g/mol. The molecule has 2 aromatic rings. The molecule has 5 nitrogen and oxygen atoms in total. The minimum absolute atomic E-state index is 0.172. The number of amides is 1. The van der Waals surface area contributed by atoms with Crippen LogP contribution in [-0.4, -0.2) is 26.2 Å². The van der Waals surface area contributed by atoms with E-state index in [1.165, 1.54) is 0 Å². The average Bonchev–Trinajstić information content (AvgIpc) is 2.58. The summed E-state index contributed by atoms with van der Waals surface area (Å²) in [6.45, 7) is 6.13. The number of ether oxygens (including phenoxy) is 3. The van der Waals surface area contributed by atoms with Gasteiger partial charge >= 0.3 is 0 Å². The van der Waals surface area contributed by atoms with Gasteiger partial charge in [0.1, 0.15) is 5.75 Å². The van der Waals surface area contributed by atoms with Crippen molar-refractivity contribution in [3.63, 3.8) is 0 Å². The van der Waals surface area contributed by atoms with Crippen molar-refractivity contribution in [2.24, 2.45) is 0 Å². The summed E-state index contributed by atoms with van der Waals surface area (Å²) in [5.41, 5.74) is 3.13. The highest BCUT2D eigenvalue weighted by Gasteiger charge is 2.15. The molecule has 25 heavy (non-hydrogen) atoms. The number of rotatable bonds is 7. The van der Waals surface area contributed by atoms with Crippen molar-refractivity contribution in [2.45, 2.75) is 33.4 Å². The topological polar surface area (TPSA) is 56.8 Å². The summed E-state index contributed by atoms with van der Waals surface area (Å²) in [5, 5.41) is 2.88. The molecule has 0 bridgehead atoms. The van der Waals surface area contributed by atoms with Crippen molar-refractivity contribution in [2.75, 3.05) is 14.2 Å². The van der Waals surface area contributed by atoms with Gasteiger partial charge in [-0.25, -0.2) is 0 Å². The van der Waals surface area contributed by atoms with E-state index in [1.54, 1.807) is 21.1 Å². The molecule has 0 unspecified atom stereocenters. The predicted octanol–water partition coefficient (Wildman–Crippen LogP) is 3.40. The van der Waals surface area contributed by atoms with Gasteiger partial charge in [-0.05, 0) is 61.7 Å². The Bertz CT molecular complexity index is 722. The van der Waals surface area contributed by atoms with Crippen LogP contribution >= 0.6 is 0 Å². The standard InChI is InChI=1S/C20H25NO4/c1-13-8-14(2)10-17(9-13)25-15(3)20(22)21-12-16-6-7-18(23-4)19(11-16)24-5/h6-11,15H,12H2,1-5H3,(H,21,22)/t15-/m0/s1. The fourth-order valence-corrected chi connectivity index (χ4v) is 2.58. The van der Waals surface area contributed by atoms with E-state index in [0.29, 0.717) is 23.8 Å². The predicted molar refractivity (Wildman–Crippen MR) is 97.4 cm³/mol. The molecule has 1 atom stereocenters. The molecule has 134 valence electrons. The first kappa shape index (κ1) is 18.6. The molecule has 5 heteroatoms. The summed E-state index contributed by atoms with van der Waals surface area (Å²) in [4.78, 5) is 12.3. The second-order valence-corrected chi connectivity index (χ2v) is 5.99. The zero-order chi connectivity index (χ0) is 18.4. The molecule has 1 N–H and O–H groups in total. The van der Waals surface area contributed by atoms with Crippen LogP contribution < -0.4 is 19.5 Å². The summed E-state index contributed by atoms with van der Waals surface area (Å²) >= 11 is 0. The van der Waals surface area contributed by atoms with Gasteiger partial charge in [0, 0.05) is 6.54 Å². The van der Waals surface area contributed by atoms with E-state index in [1.807, 2.05) is 44.2 Å². The van der Waals surface area contributed by atoms with Gasteiger partial charge < -0.3 is 19.5 Å². The van der Waals surface area contributed by atoms with Crippen LogP contribution in [0.1, 0.15) is 23.6 Å². The molecule has 0 spiro atoms. The van der Waals surface area contributed by atoms with Crippen LogP contribution in [0, 0.1) is 13.8 Å². The fraction of sp³-hybridized carbons (Fsp3) is 0.350. The molecule has 0 aliphatic rings. The number of nitrogens with one attached hydrogen (secondary N) is 1. The van der Waals surface area contributed by atoms with Gasteiger partial charge in [-0.3, -0.25) is 4.79 Å². The molecule has 0 radical (unpaired) electrons. The van der Waals surface area contributed by atoms with E-state index in [4.69, 9.17) is 14.2 Å². The van der Waals surface area contributed by atoms with Crippen molar-refractivity contribution >= 4 is 5.91 Å². The SMILES string of the molecule is COc1ccc(CNC(=O)[C@H](C)Oc2cc(C)cc(C)c2)cc1OC. The Hall–Kier alpha value is -2.69. The number of methoxy groups -OCH3 is 2. The number of carbonyl (C=O) groups is 1. The van der Waals surface area contributed by atoms with Crippen molar-refractivity contribution in [1.29, 1.82) is 0 Å². The van der Waals surface area contributed by atoms with Crippen LogP contribution in [0.15, 0.2) is 36.4 Å². The molecule has 0 saturated heterocycles. The van der Waals surface area contributed by atoms with Crippen molar-refractivity contribution < 1.29 is 19.0 Å². The van der Waals surface area contributed by atoms with Crippen LogP contribution in [0.2, 0.25) is 0 Å². The summed E-state index contributed by atoms with van der Waals surface area (Å²) in [5.74, 6) is 1.82. The van der Waals surface area contributed by atoms with Gasteiger partial charge in [0.05, 0.1) is 14.2 Å². The second-order valence-electron chi connectivity index (χ2n) is 5.99. The molecule has 0 saturated carbocycles. The molecule has 0 aliphatic heterocycles. The molecular formula is C20H25NO4. The molecule has 0 aliphatic carbocycles. The van der Waals surface area contributed by atoms with Gasteiger partial charge in [0.2, 0.25) is 0 Å². The molecule has 2 aromatic carbocycles. The third-order valence-electron chi connectivity index (χ3n) is 3.79. The molecule has 0 heterocycles. The maximum Gasteiger partial charge on any atom is 0.261 e. The van der Waals surface area contributed by atoms with Crippen molar-refractivity contribution in [3.8, 4) is 17.2 Å². The third kappa shape index (κ3) is 5.14. The highest BCUT2D eigenvalue weighted by Crippen LogP contribution is 2.27. The Kier molecular flexibility index (Phi) is 6.28. The summed E-state index contributed by atoms with van der Waals surface area (Å²) in [6, 6.07) is 11.5. The number of hydrogen-bond acceptors (Lipinski definition) is 4. The van der Waals surface area contributed by atoms with Gasteiger partial charge in [-0.2, -0.15) is 0 Å². The van der Waals surface area contributed by atoms with Crippen molar-refractivity contribution in [1.82, 2.24) is 5.32 Å². The first-order chi connectivity index (χ1) is 11.9. The Morgan fingerprint density at radius 3 is 2.24 bits per heavy atom. The van der Waals surface area contributed by atoms with Crippen LogP contribution in [0.3, 0.4) is 0 Å². The molecule has 2 rings (SSSR count). The maximum atomic E-state index is 12.3. The molecule has 0 fully saturated rings. The van der Waals surface area contributed by atoms with E-state index in [-0.39, 0.29) is 5.91 Å². The first-order valence-corrected chi connectivity index (χ1v) is 8.16. The van der Waals surface area contributed by atoms with E-state index in [2.05, 4.69) is 11.4 Å². The maximum absolute atomic E-state index is 12.3. The quantitative estimate of drug-likeness (QED) is 0.837. The lowest BCUT2D eigenvalue weighted by Gasteiger charge is -2.16. The minimum Gasteiger partial charge on any atom is -0.493 e. The highest BCUT2D eigenvalue weighted by atomic mass is 16.5. The summed E-state index contributed by atoms with van der Waals surface area (Å²) < 4.78 is 16.2.